The number of halogens is 1. The Hall–Kier alpha value is -2.99. The maximum atomic E-state index is 12.9. The summed E-state index contributed by atoms with van der Waals surface area (Å²) < 4.78 is 19.7. The molecule has 2 aromatic carbocycles. The van der Waals surface area contributed by atoms with Crippen LogP contribution in [0.15, 0.2) is 65.5 Å². The normalized spacial score (nSPS) is 10.6. The largest absolute Gasteiger partial charge is 0.457 e. The number of benzene rings is 2. The van der Waals surface area contributed by atoms with Crippen LogP contribution in [0, 0.1) is 5.82 Å². The first kappa shape index (κ1) is 15.9. The quantitative estimate of drug-likeness (QED) is 0.783. The molecule has 1 heterocycles. The molecule has 0 spiro atoms. The van der Waals surface area contributed by atoms with Crippen molar-refractivity contribution in [2.75, 3.05) is 6.61 Å². The number of aliphatic hydroxyl groups excluding tert-OH is 1. The third-order valence-corrected chi connectivity index (χ3v) is 3.38. The molecule has 0 aliphatic carbocycles. The van der Waals surface area contributed by atoms with E-state index in [1.807, 2.05) is 12.1 Å². The van der Waals surface area contributed by atoms with Crippen molar-refractivity contribution < 1.29 is 14.2 Å². The lowest BCUT2D eigenvalue weighted by Crippen LogP contribution is -2.23. The molecular weight excluding hydrogens is 311 g/mol. The van der Waals surface area contributed by atoms with Crippen molar-refractivity contribution in [3.05, 3.63) is 76.8 Å². The highest BCUT2D eigenvalue weighted by atomic mass is 19.1. The molecule has 0 atom stereocenters. The van der Waals surface area contributed by atoms with Gasteiger partial charge in [0.2, 0.25) is 0 Å². The maximum Gasteiger partial charge on any atom is 0.266 e. The molecule has 1 N–H and O–H groups in total. The molecule has 6 heteroatoms. The summed E-state index contributed by atoms with van der Waals surface area (Å²) in [7, 11) is 0. The fourth-order valence-corrected chi connectivity index (χ4v) is 2.19. The second-order valence-electron chi connectivity index (χ2n) is 5.08. The van der Waals surface area contributed by atoms with E-state index < -0.39 is 0 Å². The van der Waals surface area contributed by atoms with Crippen molar-refractivity contribution >= 4 is 0 Å². The lowest BCUT2D eigenvalue weighted by atomic mass is 10.1. The minimum atomic E-state index is -0.318. The van der Waals surface area contributed by atoms with Crippen LogP contribution < -0.4 is 10.3 Å². The summed E-state index contributed by atoms with van der Waals surface area (Å²) in [5, 5.41) is 13.2. The van der Waals surface area contributed by atoms with Gasteiger partial charge in [-0.1, -0.05) is 0 Å². The SMILES string of the molecule is O=c1ccc(-c2ccc(Oc3ccc(F)cc3)cc2)nn1CCO. The summed E-state index contributed by atoms with van der Waals surface area (Å²) in [4.78, 5) is 11.6. The first-order valence-electron chi connectivity index (χ1n) is 7.38. The van der Waals surface area contributed by atoms with E-state index in [-0.39, 0.29) is 24.5 Å². The molecule has 3 rings (SSSR count). The van der Waals surface area contributed by atoms with Crippen LogP contribution in [-0.4, -0.2) is 21.5 Å². The van der Waals surface area contributed by atoms with E-state index in [9.17, 15) is 9.18 Å². The van der Waals surface area contributed by atoms with Crippen molar-refractivity contribution in [1.82, 2.24) is 9.78 Å². The zero-order valence-corrected chi connectivity index (χ0v) is 12.7. The first-order chi connectivity index (χ1) is 11.7. The van der Waals surface area contributed by atoms with Crippen molar-refractivity contribution in [3.63, 3.8) is 0 Å². The summed E-state index contributed by atoms with van der Waals surface area (Å²) in [5.41, 5.74) is 1.17. The molecule has 0 aliphatic heterocycles. The van der Waals surface area contributed by atoms with Crippen LogP contribution >= 0.6 is 0 Å². The number of nitrogens with zero attached hydrogens (tertiary/aromatic N) is 2. The van der Waals surface area contributed by atoms with Gasteiger partial charge in [-0.25, -0.2) is 9.07 Å². The Balaban J connectivity index is 1.80. The lowest BCUT2D eigenvalue weighted by molar-refractivity contribution is 0.266. The third-order valence-electron chi connectivity index (χ3n) is 3.38. The van der Waals surface area contributed by atoms with Gasteiger partial charge in [0.05, 0.1) is 18.8 Å². The third kappa shape index (κ3) is 3.67. The van der Waals surface area contributed by atoms with Crippen molar-refractivity contribution in [1.29, 1.82) is 0 Å². The molecule has 122 valence electrons. The highest BCUT2D eigenvalue weighted by Gasteiger charge is 2.04. The summed E-state index contributed by atoms with van der Waals surface area (Å²) >= 11 is 0. The minimum Gasteiger partial charge on any atom is -0.457 e. The molecule has 0 unspecified atom stereocenters. The van der Waals surface area contributed by atoms with Gasteiger partial charge < -0.3 is 9.84 Å². The molecule has 1 aromatic heterocycles. The maximum absolute atomic E-state index is 12.9. The number of aliphatic hydroxyl groups is 1. The van der Waals surface area contributed by atoms with E-state index in [1.54, 1.807) is 30.3 Å². The van der Waals surface area contributed by atoms with Crippen molar-refractivity contribution in [2.45, 2.75) is 6.54 Å². The van der Waals surface area contributed by atoms with Gasteiger partial charge in [0.1, 0.15) is 17.3 Å². The number of rotatable bonds is 5. The highest BCUT2D eigenvalue weighted by Crippen LogP contribution is 2.24. The zero-order chi connectivity index (χ0) is 16.9. The minimum absolute atomic E-state index is 0.151. The van der Waals surface area contributed by atoms with Gasteiger partial charge in [-0.05, 0) is 54.6 Å². The Kier molecular flexibility index (Phi) is 4.67. The molecule has 5 nitrogen and oxygen atoms in total. The second kappa shape index (κ2) is 7.06. The standard InChI is InChI=1S/C18H15FN2O3/c19-14-3-7-16(8-4-14)24-15-5-1-13(2-6-15)17-9-10-18(23)21(20-17)11-12-22/h1-10,22H,11-12H2. The van der Waals surface area contributed by atoms with Gasteiger partial charge in [-0.15, -0.1) is 0 Å². The molecule has 24 heavy (non-hydrogen) atoms. The van der Waals surface area contributed by atoms with E-state index in [2.05, 4.69) is 5.10 Å². The predicted octanol–water partition coefficient (Wildman–Crippen LogP) is 2.83. The predicted molar refractivity (Wildman–Crippen MR) is 87.5 cm³/mol. The number of hydrogen-bond donors (Lipinski definition) is 1. The molecule has 0 fully saturated rings. The van der Waals surface area contributed by atoms with Crippen LogP contribution in [0.5, 0.6) is 11.5 Å². The van der Waals surface area contributed by atoms with Crippen LogP contribution in [0.3, 0.4) is 0 Å². The van der Waals surface area contributed by atoms with Crippen LogP contribution in [0.4, 0.5) is 4.39 Å². The second-order valence-corrected chi connectivity index (χ2v) is 5.08. The van der Waals surface area contributed by atoms with E-state index >= 15 is 0 Å². The topological polar surface area (TPSA) is 64.3 Å². The average Bonchev–Trinajstić information content (AvgIpc) is 2.60. The first-order valence-corrected chi connectivity index (χ1v) is 7.38. The smallest absolute Gasteiger partial charge is 0.266 e. The van der Waals surface area contributed by atoms with Gasteiger partial charge in [0, 0.05) is 11.6 Å². The Bertz CT molecular complexity index is 874. The van der Waals surface area contributed by atoms with Gasteiger partial charge in [-0.3, -0.25) is 4.79 Å². The Morgan fingerprint density at radius 1 is 0.958 bits per heavy atom. The summed E-state index contributed by atoms with van der Waals surface area (Å²) in [5.74, 6) is 0.828. The van der Waals surface area contributed by atoms with Gasteiger partial charge in [0.15, 0.2) is 0 Å². The van der Waals surface area contributed by atoms with Gasteiger partial charge in [-0.2, -0.15) is 5.10 Å². The number of ether oxygens (including phenoxy) is 1. The highest BCUT2D eigenvalue weighted by molar-refractivity contribution is 5.59. The Morgan fingerprint density at radius 2 is 1.58 bits per heavy atom. The number of aromatic nitrogens is 2. The summed E-state index contributed by atoms with van der Waals surface area (Å²) in [6.45, 7) is -0.000751. The van der Waals surface area contributed by atoms with E-state index in [4.69, 9.17) is 9.84 Å². The molecule has 3 aromatic rings. The molecule has 0 bridgehead atoms. The average molecular weight is 326 g/mol. The fourth-order valence-electron chi connectivity index (χ4n) is 2.19. The molecule has 0 saturated carbocycles. The molecule has 0 aliphatic rings. The summed E-state index contributed by atoms with van der Waals surface area (Å²) in [6.07, 6.45) is 0. The molecular formula is C18H15FN2O3. The van der Waals surface area contributed by atoms with Crippen molar-refractivity contribution in [3.8, 4) is 22.8 Å². The summed E-state index contributed by atoms with van der Waals surface area (Å²) in [6, 6.07) is 16.0. The van der Waals surface area contributed by atoms with E-state index in [0.717, 1.165) is 5.56 Å². The van der Waals surface area contributed by atoms with Gasteiger partial charge >= 0.3 is 0 Å². The Labute approximate surface area is 137 Å². The van der Waals surface area contributed by atoms with Crippen LogP contribution in [0.2, 0.25) is 0 Å². The van der Waals surface area contributed by atoms with E-state index in [1.165, 1.54) is 22.9 Å². The monoisotopic (exact) mass is 326 g/mol. The fraction of sp³-hybridized carbons (Fsp3) is 0.111. The van der Waals surface area contributed by atoms with Crippen LogP contribution in [0.25, 0.3) is 11.3 Å². The molecule has 0 amide bonds. The van der Waals surface area contributed by atoms with Crippen LogP contribution in [-0.2, 0) is 6.54 Å². The number of hydrogen-bond acceptors (Lipinski definition) is 4. The lowest BCUT2D eigenvalue weighted by Gasteiger charge is -2.08. The zero-order valence-electron chi connectivity index (χ0n) is 12.7. The molecule has 0 saturated heterocycles. The Morgan fingerprint density at radius 3 is 2.21 bits per heavy atom. The molecule has 0 radical (unpaired) electrons. The van der Waals surface area contributed by atoms with Gasteiger partial charge in [0.25, 0.3) is 5.56 Å². The van der Waals surface area contributed by atoms with E-state index in [0.29, 0.717) is 17.2 Å². The van der Waals surface area contributed by atoms with Crippen molar-refractivity contribution in [2.24, 2.45) is 0 Å². The van der Waals surface area contributed by atoms with Crippen LogP contribution in [0.1, 0.15) is 0 Å².